The van der Waals surface area contributed by atoms with Gasteiger partial charge >= 0.3 is 5.97 Å². The summed E-state index contributed by atoms with van der Waals surface area (Å²) in [5.41, 5.74) is 10.4. The summed E-state index contributed by atoms with van der Waals surface area (Å²) in [5, 5.41) is 12.8. The SMILES string of the molecule is C=CC(=O)Nc1cncc(-c2cnc3c(c2)c(-c2ccnc(C#N)c2)cn3COC(=O)[C@@H](N)[C@@H](C)CC)c1. The molecule has 0 bridgehead atoms. The van der Waals surface area contributed by atoms with Crippen molar-refractivity contribution in [1.29, 1.82) is 5.26 Å². The lowest BCUT2D eigenvalue weighted by Gasteiger charge is -2.17. The molecule has 0 aliphatic heterocycles. The number of anilines is 1. The van der Waals surface area contributed by atoms with Gasteiger partial charge in [-0.1, -0.05) is 26.8 Å². The molecule has 4 aromatic heterocycles. The van der Waals surface area contributed by atoms with E-state index in [-0.39, 0.29) is 24.2 Å². The van der Waals surface area contributed by atoms with Crippen LogP contribution in [0.5, 0.6) is 0 Å². The predicted octanol–water partition coefficient (Wildman–Crippen LogP) is 4.03. The second kappa shape index (κ2) is 11.5. The average molecular weight is 510 g/mol. The van der Waals surface area contributed by atoms with Crippen molar-refractivity contribution in [2.45, 2.75) is 33.0 Å². The monoisotopic (exact) mass is 509 g/mol. The van der Waals surface area contributed by atoms with Gasteiger partial charge in [-0.05, 0) is 41.8 Å². The number of aromatic nitrogens is 4. The number of pyridine rings is 3. The third-order valence-electron chi connectivity index (χ3n) is 6.30. The van der Waals surface area contributed by atoms with Crippen molar-refractivity contribution < 1.29 is 14.3 Å². The van der Waals surface area contributed by atoms with Crippen LogP contribution in [0.15, 0.2) is 67.9 Å². The van der Waals surface area contributed by atoms with Gasteiger partial charge in [0, 0.05) is 46.9 Å². The van der Waals surface area contributed by atoms with E-state index in [2.05, 4.69) is 32.9 Å². The van der Waals surface area contributed by atoms with Gasteiger partial charge in [-0.15, -0.1) is 0 Å². The van der Waals surface area contributed by atoms with Crippen molar-refractivity contribution in [3.05, 3.63) is 73.6 Å². The van der Waals surface area contributed by atoms with Crippen molar-refractivity contribution in [2.24, 2.45) is 11.7 Å². The maximum atomic E-state index is 12.5. The molecule has 38 heavy (non-hydrogen) atoms. The molecule has 0 fully saturated rings. The number of hydrogen-bond acceptors (Lipinski definition) is 8. The summed E-state index contributed by atoms with van der Waals surface area (Å²) < 4.78 is 7.25. The van der Waals surface area contributed by atoms with Crippen LogP contribution in [0.4, 0.5) is 5.69 Å². The highest BCUT2D eigenvalue weighted by Gasteiger charge is 2.22. The summed E-state index contributed by atoms with van der Waals surface area (Å²) in [6.45, 7) is 7.26. The molecule has 0 radical (unpaired) electrons. The quantitative estimate of drug-likeness (QED) is 0.254. The van der Waals surface area contributed by atoms with Gasteiger partial charge in [0.1, 0.15) is 23.5 Å². The normalized spacial score (nSPS) is 12.4. The lowest BCUT2D eigenvalue weighted by molar-refractivity contribution is -0.150. The zero-order valence-electron chi connectivity index (χ0n) is 21.1. The number of carbonyl (C=O) groups is 2. The van der Waals surface area contributed by atoms with Crippen molar-refractivity contribution in [1.82, 2.24) is 19.5 Å². The molecular formula is C28H27N7O3. The Morgan fingerprint density at radius 1 is 1.21 bits per heavy atom. The smallest absolute Gasteiger partial charge is 0.324 e. The Morgan fingerprint density at radius 2 is 2.00 bits per heavy atom. The topological polar surface area (TPSA) is 149 Å². The summed E-state index contributed by atoms with van der Waals surface area (Å²) in [6, 6.07) is 8.53. The number of ether oxygens (including phenoxy) is 1. The molecule has 0 saturated heterocycles. The van der Waals surface area contributed by atoms with E-state index in [0.29, 0.717) is 11.3 Å². The molecule has 192 valence electrons. The van der Waals surface area contributed by atoms with Crippen molar-refractivity contribution >= 4 is 28.6 Å². The maximum Gasteiger partial charge on any atom is 0.324 e. The van der Waals surface area contributed by atoms with E-state index >= 15 is 0 Å². The van der Waals surface area contributed by atoms with Crippen molar-refractivity contribution in [3.63, 3.8) is 0 Å². The maximum absolute atomic E-state index is 12.5. The highest BCUT2D eigenvalue weighted by atomic mass is 16.5. The van der Waals surface area contributed by atoms with Crippen LogP contribution >= 0.6 is 0 Å². The molecule has 4 heterocycles. The van der Waals surface area contributed by atoms with E-state index in [9.17, 15) is 14.9 Å². The molecular weight excluding hydrogens is 482 g/mol. The number of nitrogens with zero attached hydrogens (tertiary/aromatic N) is 5. The Balaban J connectivity index is 1.76. The number of nitrogens with two attached hydrogens (primary N) is 1. The summed E-state index contributed by atoms with van der Waals surface area (Å²) in [5.74, 6) is -0.841. The molecule has 10 heteroatoms. The largest absolute Gasteiger partial charge is 0.443 e. The van der Waals surface area contributed by atoms with Gasteiger partial charge in [0.05, 0.1) is 11.9 Å². The Hall–Kier alpha value is -4.88. The number of amides is 1. The van der Waals surface area contributed by atoms with Gasteiger partial charge in [-0.3, -0.25) is 19.1 Å². The van der Waals surface area contributed by atoms with Gasteiger partial charge in [0.25, 0.3) is 0 Å². The summed E-state index contributed by atoms with van der Waals surface area (Å²) >= 11 is 0. The number of nitrogens with one attached hydrogen (secondary N) is 1. The highest BCUT2D eigenvalue weighted by molar-refractivity contribution is 5.99. The average Bonchev–Trinajstić information content (AvgIpc) is 3.32. The second-order valence-electron chi connectivity index (χ2n) is 8.81. The van der Waals surface area contributed by atoms with Crippen LogP contribution in [-0.2, 0) is 21.1 Å². The molecule has 4 aromatic rings. The summed E-state index contributed by atoms with van der Waals surface area (Å²) in [4.78, 5) is 37.2. The molecule has 2 atom stereocenters. The molecule has 0 aromatic carbocycles. The first-order valence-corrected chi connectivity index (χ1v) is 12.0. The zero-order chi connectivity index (χ0) is 27.2. The van der Waals surface area contributed by atoms with Crippen LogP contribution in [0.3, 0.4) is 0 Å². The van der Waals surface area contributed by atoms with Crippen LogP contribution in [0, 0.1) is 17.2 Å². The Kier molecular flexibility index (Phi) is 7.89. The van der Waals surface area contributed by atoms with Gasteiger partial charge in [-0.2, -0.15) is 5.26 Å². The third kappa shape index (κ3) is 5.58. The number of carbonyl (C=O) groups excluding carboxylic acids is 2. The predicted molar refractivity (Wildman–Crippen MR) is 143 cm³/mol. The first kappa shape index (κ1) is 26.2. The number of esters is 1. The minimum Gasteiger partial charge on any atom is -0.443 e. The first-order valence-electron chi connectivity index (χ1n) is 12.0. The van der Waals surface area contributed by atoms with E-state index in [4.69, 9.17) is 10.5 Å². The van der Waals surface area contributed by atoms with Crippen LogP contribution in [0.25, 0.3) is 33.3 Å². The molecule has 0 aliphatic carbocycles. The van der Waals surface area contributed by atoms with Crippen molar-refractivity contribution in [3.8, 4) is 28.3 Å². The van der Waals surface area contributed by atoms with E-state index in [1.807, 2.05) is 26.1 Å². The van der Waals surface area contributed by atoms with Gasteiger partial charge in [0.2, 0.25) is 5.91 Å². The standard InChI is InChI=1S/C28H27N7O3/c1-4-17(3)26(30)28(37)38-16-35-15-24(18-6-7-32-21(8-18)11-29)23-10-20(13-33-27(23)35)19-9-22(14-31-12-19)34-25(36)5-2/h5-10,12-15,17,26H,2,4,16,30H2,1,3H3,(H,34,36)/t17-,26-/m0/s1. The fourth-order valence-electron chi connectivity index (χ4n) is 3.89. The van der Waals surface area contributed by atoms with Gasteiger partial charge < -0.3 is 15.8 Å². The number of fused-ring (bicyclic) bond motifs is 1. The van der Waals surface area contributed by atoms with Crippen LogP contribution in [0.2, 0.25) is 0 Å². The molecule has 3 N–H and O–H groups in total. The van der Waals surface area contributed by atoms with Crippen LogP contribution in [-0.4, -0.2) is 37.4 Å². The van der Waals surface area contributed by atoms with Crippen molar-refractivity contribution in [2.75, 3.05) is 5.32 Å². The Morgan fingerprint density at radius 3 is 2.74 bits per heavy atom. The first-order chi connectivity index (χ1) is 18.3. The molecule has 1 amide bonds. The van der Waals surface area contributed by atoms with Gasteiger partial charge in [-0.25, -0.2) is 9.97 Å². The van der Waals surface area contributed by atoms with E-state index < -0.39 is 12.0 Å². The lowest BCUT2D eigenvalue weighted by Crippen LogP contribution is -2.38. The van der Waals surface area contributed by atoms with Crippen LogP contribution in [0.1, 0.15) is 26.0 Å². The molecule has 4 rings (SSSR count). The second-order valence-corrected chi connectivity index (χ2v) is 8.81. The van der Waals surface area contributed by atoms with E-state index in [1.54, 1.807) is 41.4 Å². The molecule has 10 nitrogen and oxygen atoms in total. The minimum absolute atomic E-state index is 0.0120. The third-order valence-corrected chi connectivity index (χ3v) is 6.30. The van der Waals surface area contributed by atoms with Crippen LogP contribution < -0.4 is 11.1 Å². The number of nitriles is 1. The Bertz CT molecular complexity index is 1550. The minimum atomic E-state index is -0.722. The molecule has 0 saturated carbocycles. The van der Waals surface area contributed by atoms with E-state index in [0.717, 1.165) is 34.1 Å². The lowest BCUT2D eigenvalue weighted by atomic mass is 10.0. The summed E-state index contributed by atoms with van der Waals surface area (Å²) in [7, 11) is 0. The number of rotatable bonds is 9. The highest BCUT2D eigenvalue weighted by Crippen LogP contribution is 2.33. The van der Waals surface area contributed by atoms with Gasteiger partial charge in [0.15, 0.2) is 6.73 Å². The molecule has 0 aliphatic rings. The Labute approximate surface area is 219 Å². The molecule has 0 unspecified atom stereocenters. The summed E-state index contributed by atoms with van der Waals surface area (Å²) in [6.07, 6.45) is 10.2. The van der Waals surface area contributed by atoms with E-state index in [1.165, 1.54) is 12.3 Å². The molecule has 0 spiro atoms. The fraction of sp³-hybridized carbons (Fsp3) is 0.214. The fourth-order valence-corrected chi connectivity index (χ4v) is 3.89. The zero-order valence-corrected chi connectivity index (χ0v) is 21.1. The number of hydrogen-bond donors (Lipinski definition) is 2.